The summed E-state index contributed by atoms with van der Waals surface area (Å²) >= 11 is 3.09. The minimum Gasteiger partial charge on any atom is -0.449 e. The molecule has 136 valence electrons. The van der Waals surface area contributed by atoms with E-state index in [2.05, 4.69) is 26.6 Å². The minimum atomic E-state index is -1.23. The molecule has 2 N–H and O–H groups in total. The summed E-state index contributed by atoms with van der Waals surface area (Å²) in [6, 6.07) is 3.30. The first-order chi connectivity index (χ1) is 11.9. The molecular formula is C17H20BrFN2O4. The first-order valence-corrected chi connectivity index (χ1v) is 8.93. The van der Waals surface area contributed by atoms with Crippen molar-refractivity contribution in [2.24, 2.45) is 0 Å². The van der Waals surface area contributed by atoms with Crippen molar-refractivity contribution in [1.29, 1.82) is 0 Å². The lowest BCUT2D eigenvalue weighted by Gasteiger charge is -2.23. The van der Waals surface area contributed by atoms with Crippen molar-refractivity contribution in [2.45, 2.75) is 51.2 Å². The second-order valence-corrected chi connectivity index (χ2v) is 6.89. The number of hydrogen-bond donors (Lipinski definition) is 2. The van der Waals surface area contributed by atoms with Crippen LogP contribution in [0.3, 0.4) is 0 Å². The van der Waals surface area contributed by atoms with Crippen LogP contribution in [0.25, 0.3) is 0 Å². The normalized spacial score (nSPS) is 16.0. The Labute approximate surface area is 153 Å². The molecule has 1 atom stereocenters. The topological polar surface area (TPSA) is 84.5 Å². The third-order valence-electron chi connectivity index (χ3n) is 3.98. The fourth-order valence-corrected chi connectivity index (χ4v) is 2.95. The van der Waals surface area contributed by atoms with Crippen LogP contribution in [0.15, 0.2) is 22.7 Å². The summed E-state index contributed by atoms with van der Waals surface area (Å²) in [6.07, 6.45) is 3.78. The highest BCUT2D eigenvalue weighted by Gasteiger charge is 2.24. The lowest BCUT2D eigenvalue weighted by atomic mass is 9.96. The quantitative estimate of drug-likeness (QED) is 0.740. The number of benzene rings is 1. The molecule has 8 heteroatoms. The van der Waals surface area contributed by atoms with E-state index in [0.29, 0.717) is 4.47 Å². The first-order valence-electron chi connectivity index (χ1n) is 8.14. The fourth-order valence-electron chi connectivity index (χ4n) is 2.61. The van der Waals surface area contributed by atoms with Gasteiger partial charge in [0, 0.05) is 10.5 Å². The van der Waals surface area contributed by atoms with E-state index >= 15 is 0 Å². The summed E-state index contributed by atoms with van der Waals surface area (Å²) in [6.45, 7) is 1.32. The second kappa shape index (κ2) is 8.94. The Kier molecular flexibility index (Phi) is 6.92. The molecule has 0 unspecified atom stereocenters. The average molecular weight is 415 g/mol. The number of rotatable bonds is 4. The van der Waals surface area contributed by atoms with E-state index in [1.165, 1.54) is 19.1 Å². The van der Waals surface area contributed by atoms with Gasteiger partial charge < -0.3 is 10.1 Å². The largest absolute Gasteiger partial charge is 0.449 e. The van der Waals surface area contributed by atoms with Gasteiger partial charge in [-0.25, -0.2) is 14.0 Å². The molecule has 0 aromatic heterocycles. The monoisotopic (exact) mass is 414 g/mol. The van der Waals surface area contributed by atoms with Gasteiger partial charge in [-0.15, -0.1) is 0 Å². The van der Waals surface area contributed by atoms with Gasteiger partial charge in [0.15, 0.2) is 6.10 Å². The lowest BCUT2D eigenvalue weighted by Crippen LogP contribution is -2.48. The summed E-state index contributed by atoms with van der Waals surface area (Å²) in [5.41, 5.74) is -0.283. The second-order valence-electron chi connectivity index (χ2n) is 5.97. The van der Waals surface area contributed by atoms with E-state index in [4.69, 9.17) is 4.74 Å². The zero-order chi connectivity index (χ0) is 18.4. The Morgan fingerprint density at radius 1 is 1.24 bits per heavy atom. The molecule has 3 amide bonds. The van der Waals surface area contributed by atoms with E-state index in [0.717, 1.165) is 38.2 Å². The number of carbonyl (C=O) groups is 3. The number of urea groups is 1. The molecule has 0 spiro atoms. The van der Waals surface area contributed by atoms with E-state index in [-0.39, 0.29) is 11.6 Å². The van der Waals surface area contributed by atoms with Gasteiger partial charge in [0.05, 0.1) is 5.56 Å². The lowest BCUT2D eigenvalue weighted by molar-refractivity contribution is -0.127. The van der Waals surface area contributed by atoms with Gasteiger partial charge in [-0.3, -0.25) is 10.1 Å². The maximum atomic E-state index is 13.7. The smallest absolute Gasteiger partial charge is 0.341 e. The number of nitrogens with one attached hydrogen (secondary N) is 2. The van der Waals surface area contributed by atoms with Crippen LogP contribution >= 0.6 is 15.9 Å². The number of amides is 3. The summed E-state index contributed by atoms with van der Waals surface area (Å²) < 4.78 is 19.1. The molecule has 1 aliphatic rings. The van der Waals surface area contributed by atoms with Crippen LogP contribution in [-0.4, -0.2) is 30.1 Å². The summed E-state index contributed by atoms with van der Waals surface area (Å²) in [5.74, 6) is -2.50. The molecule has 0 heterocycles. The predicted octanol–water partition coefficient (Wildman–Crippen LogP) is 3.29. The van der Waals surface area contributed by atoms with Crippen LogP contribution in [0.4, 0.5) is 9.18 Å². The molecule has 1 aromatic rings. The van der Waals surface area contributed by atoms with E-state index in [1.807, 2.05) is 0 Å². The van der Waals surface area contributed by atoms with E-state index in [9.17, 15) is 18.8 Å². The van der Waals surface area contributed by atoms with Crippen LogP contribution in [0.1, 0.15) is 49.4 Å². The van der Waals surface area contributed by atoms with E-state index in [1.54, 1.807) is 0 Å². The van der Waals surface area contributed by atoms with Gasteiger partial charge in [0.25, 0.3) is 5.91 Å². The SMILES string of the molecule is C[C@@H](OC(=O)c1ccc(Br)cc1F)C(=O)NC(=O)NC1CCCCC1. The third-order valence-corrected chi connectivity index (χ3v) is 4.47. The average Bonchev–Trinajstić information content (AvgIpc) is 2.55. The summed E-state index contributed by atoms with van der Waals surface area (Å²) in [5, 5.41) is 4.87. The third kappa shape index (κ3) is 5.81. The van der Waals surface area contributed by atoms with Crippen molar-refractivity contribution in [3.8, 4) is 0 Å². The molecule has 0 saturated heterocycles. The van der Waals surface area contributed by atoms with Crippen molar-refractivity contribution in [1.82, 2.24) is 10.6 Å². The van der Waals surface area contributed by atoms with Crippen molar-refractivity contribution >= 4 is 33.8 Å². The number of carbonyl (C=O) groups excluding carboxylic acids is 3. The van der Waals surface area contributed by atoms with Crippen molar-refractivity contribution < 1.29 is 23.5 Å². The molecular weight excluding hydrogens is 395 g/mol. The van der Waals surface area contributed by atoms with Gasteiger partial charge in [-0.05, 0) is 38.0 Å². The van der Waals surface area contributed by atoms with Crippen LogP contribution < -0.4 is 10.6 Å². The number of ether oxygens (including phenoxy) is 1. The molecule has 25 heavy (non-hydrogen) atoms. The van der Waals surface area contributed by atoms with Crippen molar-refractivity contribution in [2.75, 3.05) is 0 Å². The maximum Gasteiger partial charge on any atom is 0.341 e. The number of esters is 1. The number of imide groups is 1. The van der Waals surface area contributed by atoms with Crippen LogP contribution in [-0.2, 0) is 9.53 Å². The highest BCUT2D eigenvalue weighted by atomic mass is 79.9. The number of halogens is 2. The van der Waals surface area contributed by atoms with Gasteiger partial charge in [0.2, 0.25) is 0 Å². The zero-order valence-electron chi connectivity index (χ0n) is 13.8. The van der Waals surface area contributed by atoms with Gasteiger partial charge in [0.1, 0.15) is 5.82 Å². The molecule has 1 aliphatic carbocycles. The van der Waals surface area contributed by atoms with Crippen LogP contribution in [0.2, 0.25) is 0 Å². The van der Waals surface area contributed by atoms with Crippen LogP contribution in [0.5, 0.6) is 0 Å². The minimum absolute atomic E-state index is 0.0521. The Balaban J connectivity index is 1.84. The Morgan fingerprint density at radius 2 is 1.92 bits per heavy atom. The Hall–Kier alpha value is -1.96. The van der Waals surface area contributed by atoms with Crippen molar-refractivity contribution in [3.05, 3.63) is 34.1 Å². The van der Waals surface area contributed by atoms with E-state index < -0.39 is 29.8 Å². The van der Waals surface area contributed by atoms with Gasteiger partial charge in [-0.2, -0.15) is 0 Å². The number of hydrogen-bond acceptors (Lipinski definition) is 4. The molecule has 6 nitrogen and oxygen atoms in total. The van der Waals surface area contributed by atoms with Crippen molar-refractivity contribution in [3.63, 3.8) is 0 Å². The highest BCUT2D eigenvalue weighted by Crippen LogP contribution is 2.18. The zero-order valence-corrected chi connectivity index (χ0v) is 15.4. The fraction of sp³-hybridized carbons (Fsp3) is 0.471. The Bertz CT molecular complexity index is 662. The summed E-state index contributed by atoms with van der Waals surface area (Å²) in [4.78, 5) is 35.7. The molecule has 0 radical (unpaired) electrons. The maximum absolute atomic E-state index is 13.7. The molecule has 1 saturated carbocycles. The molecule has 0 aliphatic heterocycles. The molecule has 1 aromatic carbocycles. The Morgan fingerprint density at radius 3 is 2.56 bits per heavy atom. The van der Waals surface area contributed by atoms with Gasteiger partial charge >= 0.3 is 12.0 Å². The summed E-state index contributed by atoms with van der Waals surface area (Å²) in [7, 11) is 0. The standard InChI is InChI=1S/C17H20BrFN2O4/c1-10(25-16(23)13-8-7-11(18)9-14(13)19)15(22)21-17(24)20-12-5-3-2-4-6-12/h7-10,12H,2-6H2,1H3,(H2,20,21,22,24)/t10-/m1/s1. The molecule has 0 bridgehead atoms. The van der Waals surface area contributed by atoms with Gasteiger partial charge in [-0.1, -0.05) is 35.2 Å². The first kappa shape index (κ1) is 19.4. The molecule has 2 rings (SSSR count). The molecule has 1 fully saturated rings. The highest BCUT2D eigenvalue weighted by molar-refractivity contribution is 9.10. The predicted molar refractivity (Wildman–Crippen MR) is 92.5 cm³/mol. The van der Waals surface area contributed by atoms with Crippen LogP contribution in [0, 0.1) is 5.82 Å².